The molecule has 0 bridgehead atoms. The average Bonchev–Trinajstić information content (AvgIpc) is 2.69. The average molecular weight is 368 g/mol. The number of carbonyl (C=O) groups excluding carboxylic acids is 2. The van der Waals surface area contributed by atoms with Gasteiger partial charge < -0.3 is 19.7 Å². The molecule has 0 fully saturated rings. The van der Waals surface area contributed by atoms with Crippen molar-refractivity contribution in [2.45, 2.75) is 26.2 Å². The minimum atomic E-state index is -0.270. The SMILES string of the molecule is CCCCCN1C(=O)COc2ccc(NC(=O)c3ccccc3OC)cc21. The van der Waals surface area contributed by atoms with Crippen LogP contribution in [0.5, 0.6) is 11.5 Å². The number of nitrogens with one attached hydrogen (secondary N) is 1. The molecule has 0 radical (unpaired) electrons. The number of amides is 2. The molecule has 1 N–H and O–H groups in total. The molecule has 0 spiro atoms. The largest absolute Gasteiger partial charge is 0.496 e. The third-order valence-corrected chi connectivity index (χ3v) is 4.50. The second-order valence-corrected chi connectivity index (χ2v) is 6.38. The van der Waals surface area contributed by atoms with Gasteiger partial charge in [0.2, 0.25) is 0 Å². The van der Waals surface area contributed by atoms with E-state index in [9.17, 15) is 9.59 Å². The molecule has 2 aromatic carbocycles. The minimum absolute atomic E-state index is 0.0477. The molecule has 0 saturated carbocycles. The molecule has 1 heterocycles. The predicted octanol–water partition coefficient (Wildman–Crippen LogP) is 3.86. The van der Waals surface area contributed by atoms with Gasteiger partial charge in [0.05, 0.1) is 18.4 Å². The van der Waals surface area contributed by atoms with Gasteiger partial charge in [0.15, 0.2) is 6.61 Å². The lowest BCUT2D eigenvalue weighted by Crippen LogP contribution is -2.39. The number of unbranched alkanes of at least 4 members (excludes halogenated alkanes) is 2. The van der Waals surface area contributed by atoms with E-state index in [0.717, 1.165) is 19.3 Å². The summed E-state index contributed by atoms with van der Waals surface area (Å²) in [4.78, 5) is 26.6. The van der Waals surface area contributed by atoms with Crippen LogP contribution in [0.15, 0.2) is 42.5 Å². The summed E-state index contributed by atoms with van der Waals surface area (Å²) in [7, 11) is 1.53. The number of hydrogen-bond donors (Lipinski definition) is 1. The number of anilines is 2. The third-order valence-electron chi connectivity index (χ3n) is 4.50. The van der Waals surface area contributed by atoms with Crippen LogP contribution in [0, 0.1) is 0 Å². The molecule has 142 valence electrons. The summed E-state index contributed by atoms with van der Waals surface area (Å²) >= 11 is 0. The molecule has 0 aromatic heterocycles. The summed E-state index contributed by atoms with van der Waals surface area (Å²) in [5.41, 5.74) is 1.74. The fourth-order valence-electron chi connectivity index (χ4n) is 3.08. The Kier molecular flexibility index (Phi) is 5.96. The standard InChI is InChI=1S/C21H24N2O4/c1-3-4-7-12-23-17-13-15(10-11-19(17)27-14-20(23)24)22-21(25)16-8-5-6-9-18(16)26-2/h5-6,8-11,13H,3-4,7,12,14H2,1-2H3,(H,22,25). The zero-order valence-corrected chi connectivity index (χ0v) is 15.7. The third kappa shape index (κ3) is 4.22. The summed E-state index contributed by atoms with van der Waals surface area (Å²) in [6.45, 7) is 2.82. The van der Waals surface area contributed by atoms with E-state index in [0.29, 0.717) is 35.0 Å². The van der Waals surface area contributed by atoms with Crippen LogP contribution in [-0.4, -0.2) is 32.1 Å². The first kappa shape index (κ1) is 18.8. The Morgan fingerprint density at radius 3 is 2.81 bits per heavy atom. The first-order valence-corrected chi connectivity index (χ1v) is 9.15. The van der Waals surface area contributed by atoms with Crippen LogP contribution < -0.4 is 19.7 Å². The van der Waals surface area contributed by atoms with Crippen molar-refractivity contribution >= 4 is 23.2 Å². The molecule has 0 aliphatic carbocycles. The second-order valence-electron chi connectivity index (χ2n) is 6.38. The highest BCUT2D eigenvalue weighted by atomic mass is 16.5. The van der Waals surface area contributed by atoms with E-state index < -0.39 is 0 Å². The number of benzene rings is 2. The number of ether oxygens (including phenoxy) is 2. The van der Waals surface area contributed by atoms with Crippen molar-refractivity contribution in [3.63, 3.8) is 0 Å². The van der Waals surface area contributed by atoms with Crippen LogP contribution in [0.25, 0.3) is 0 Å². The highest BCUT2D eigenvalue weighted by Gasteiger charge is 2.25. The number of carbonyl (C=O) groups is 2. The lowest BCUT2D eigenvalue weighted by Gasteiger charge is -2.30. The maximum absolute atomic E-state index is 12.6. The highest BCUT2D eigenvalue weighted by Crippen LogP contribution is 2.35. The zero-order chi connectivity index (χ0) is 19.2. The topological polar surface area (TPSA) is 67.9 Å². The molecule has 27 heavy (non-hydrogen) atoms. The summed E-state index contributed by atoms with van der Waals surface area (Å²) in [6.07, 6.45) is 3.07. The molecule has 2 amide bonds. The van der Waals surface area contributed by atoms with E-state index in [-0.39, 0.29) is 18.4 Å². The maximum Gasteiger partial charge on any atom is 0.265 e. The van der Waals surface area contributed by atoms with Crippen molar-refractivity contribution in [3.05, 3.63) is 48.0 Å². The fraction of sp³-hybridized carbons (Fsp3) is 0.333. The van der Waals surface area contributed by atoms with Gasteiger partial charge in [-0.05, 0) is 36.8 Å². The lowest BCUT2D eigenvalue weighted by atomic mass is 10.1. The molecule has 6 heteroatoms. The van der Waals surface area contributed by atoms with Gasteiger partial charge >= 0.3 is 0 Å². The van der Waals surface area contributed by atoms with Gasteiger partial charge in [-0.2, -0.15) is 0 Å². The summed E-state index contributed by atoms with van der Waals surface area (Å²) < 4.78 is 10.8. The Hall–Kier alpha value is -3.02. The molecule has 1 aliphatic rings. The van der Waals surface area contributed by atoms with E-state index in [2.05, 4.69) is 12.2 Å². The van der Waals surface area contributed by atoms with Gasteiger partial charge in [0.25, 0.3) is 11.8 Å². The lowest BCUT2D eigenvalue weighted by molar-refractivity contribution is -0.121. The molecule has 0 unspecified atom stereocenters. The Bertz CT molecular complexity index is 835. The van der Waals surface area contributed by atoms with Crippen molar-refractivity contribution in [3.8, 4) is 11.5 Å². The van der Waals surface area contributed by atoms with Crippen LogP contribution in [0.3, 0.4) is 0 Å². The number of fused-ring (bicyclic) bond motifs is 1. The van der Waals surface area contributed by atoms with Gasteiger partial charge in [-0.25, -0.2) is 0 Å². The fourth-order valence-corrected chi connectivity index (χ4v) is 3.08. The maximum atomic E-state index is 12.6. The predicted molar refractivity (Wildman–Crippen MR) is 105 cm³/mol. The van der Waals surface area contributed by atoms with Crippen LogP contribution >= 0.6 is 0 Å². The number of nitrogens with zero attached hydrogens (tertiary/aromatic N) is 1. The summed E-state index contributed by atoms with van der Waals surface area (Å²) in [6, 6.07) is 12.4. The Morgan fingerprint density at radius 2 is 2.04 bits per heavy atom. The molecule has 0 atom stereocenters. The first-order chi connectivity index (χ1) is 13.1. The van der Waals surface area contributed by atoms with Gasteiger partial charge in [0, 0.05) is 12.2 Å². The smallest absolute Gasteiger partial charge is 0.265 e. The van der Waals surface area contributed by atoms with E-state index in [1.54, 1.807) is 41.3 Å². The quantitative estimate of drug-likeness (QED) is 0.754. The molecule has 0 saturated heterocycles. The van der Waals surface area contributed by atoms with Crippen molar-refractivity contribution in [2.75, 3.05) is 30.5 Å². The summed E-state index contributed by atoms with van der Waals surface area (Å²) in [5, 5.41) is 2.87. The molecular weight excluding hydrogens is 344 g/mol. The van der Waals surface area contributed by atoms with Gasteiger partial charge in [-0.1, -0.05) is 31.9 Å². The first-order valence-electron chi connectivity index (χ1n) is 9.15. The van der Waals surface area contributed by atoms with Crippen LogP contribution in [0.2, 0.25) is 0 Å². The minimum Gasteiger partial charge on any atom is -0.496 e. The van der Waals surface area contributed by atoms with Crippen molar-refractivity contribution < 1.29 is 19.1 Å². The van der Waals surface area contributed by atoms with Crippen molar-refractivity contribution in [2.24, 2.45) is 0 Å². The monoisotopic (exact) mass is 368 g/mol. The van der Waals surface area contributed by atoms with E-state index in [4.69, 9.17) is 9.47 Å². The van der Waals surface area contributed by atoms with Crippen LogP contribution in [0.4, 0.5) is 11.4 Å². The van der Waals surface area contributed by atoms with Crippen LogP contribution in [-0.2, 0) is 4.79 Å². The van der Waals surface area contributed by atoms with E-state index in [1.165, 1.54) is 7.11 Å². The van der Waals surface area contributed by atoms with E-state index in [1.807, 2.05) is 6.07 Å². The van der Waals surface area contributed by atoms with Gasteiger partial charge in [-0.3, -0.25) is 9.59 Å². The Balaban J connectivity index is 1.82. The van der Waals surface area contributed by atoms with E-state index >= 15 is 0 Å². The molecular formula is C21H24N2O4. The van der Waals surface area contributed by atoms with Gasteiger partial charge in [0.1, 0.15) is 11.5 Å². The highest BCUT2D eigenvalue weighted by molar-refractivity contribution is 6.07. The van der Waals surface area contributed by atoms with Crippen molar-refractivity contribution in [1.29, 1.82) is 0 Å². The number of rotatable bonds is 7. The van der Waals surface area contributed by atoms with Gasteiger partial charge in [-0.15, -0.1) is 0 Å². The Labute approximate surface area is 159 Å². The molecule has 3 rings (SSSR count). The second kappa shape index (κ2) is 8.58. The normalized spacial score (nSPS) is 13.0. The molecule has 1 aliphatic heterocycles. The van der Waals surface area contributed by atoms with Crippen molar-refractivity contribution in [1.82, 2.24) is 0 Å². The molecule has 6 nitrogen and oxygen atoms in total. The number of para-hydroxylation sites is 1. The summed E-state index contributed by atoms with van der Waals surface area (Å²) in [5.74, 6) is 0.828. The number of hydrogen-bond acceptors (Lipinski definition) is 4. The van der Waals surface area contributed by atoms with Crippen LogP contribution in [0.1, 0.15) is 36.5 Å². The Morgan fingerprint density at radius 1 is 1.22 bits per heavy atom. The molecule has 2 aromatic rings. The number of methoxy groups -OCH3 is 1. The zero-order valence-electron chi connectivity index (χ0n) is 15.7.